The molecule has 0 fully saturated rings. The number of nitrogens with one attached hydrogen (secondary N) is 1. The molecule has 0 spiro atoms. The first kappa shape index (κ1) is 17.0. The molecular formula is C21H23N3O. The fourth-order valence-corrected chi connectivity index (χ4v) is 3.07. The summed E-state index contributed by atoms with van der Waals surface area (Å²) in [7, 11) is 0. The molecule has 0 bridgehead atoms. The summed E-state index contributed by atoms with van der Waals surface area (Å²) < 4.78 is 2.13. The summed E-state index contributed by atoms with van der Waals surface area (Å²) in [5.74, 6) is -0.0683. The number of hydrogen-bond donors (Lipinski definition) is 1. The number of carbonyl (C=O) groups excluding carboxylic acids is 1. The molecule has 0 unspecified atom stereocenters. The Hall–Kier alpha value is -2.88. The topological polar surface area (TPSA) is 46.9 Å². The number of para-hydroxylation sites is 1. The third-order valence-electron chi connectivity index (χ3n) is 4.51. The van der Waals surface area contributed by atoms with Crippen molar-refractivity contribution in [2.24, 2.45) is 0 Å². The zero-order chi connectivity index (χ0) is 17.8. The highest BCUT2D eigenvalue weighted by Gasteiger charge is 2.17. The van der Waals surface area contributed by atoms with Gasteiger partial charge in [-0.2, -0.15) is 0 Å². The van der Waals surface area contributed by atoms with E-state index in [-0.39, 0.29) is 5.91 Å². The van der Waals surface area contributed by atoms with Crippen LogP contribution in [0.2, 0.25) is 0 Å². The molecule has 3 aromatic rings. The van der Waals surface area contributed by atoms with Gasteiger partial charge in [0, 0.05) is 23.3 Å². The zero-order valence-electron chi connectivity index (χ0n) is 14.9. The van der Waals surface area contributed by atoms with Crippen LogP contribution >= 0.6 is 0 Å². The van der Waals surface area contributed by atoms with Crippen molar-refractivity contribution in [3.63, 3.8) is 0 Å². The van der Waals surface area contributed by atoms with E-state index >= 15 is 0 Å². The van der Waals surface area contributed by atoms with E-state index < -0.39 is 0 Å². The van der Waals surface area contributed by atoms with E-state index in [1.54, 1.807) is 6.20 Å². The Labute approximate surface area is 148 Å². The minimum Gasteiger partial charge on any atom is -0.342 e. The maximum atomic E-state index is 12.8. The third-order valence-corrected chi connectivity index (χ3v) is 4.51. The van der Waals surface area contributed by atoms with Crippen molar-refractivity contribution in [2.45, 2.75) is 33.7 Å². The molecule has 1 N–H and O–H groups in total. The maximum absolute atomic E-state index is 12.8. The first-order chi connectivity index (χ1) is 12.1. The number of anilines is 1. The second kappa shape index (κ2) is 7.34. The number of amides is 1. The molecule has 0 radical (unpaired) electrons. The fraction of sp³-hybridized carbons (Fsp3) is 0.238. The van der Waals surface area contributed by atoms with Crippen LogP contribution in [0.4, 0.5) is 5.69 Å². The molecule has 0 aliphatic heterocycles. The quantitative estimate of drug-likeness (QED) is 0.754. The van der Waals surface area contributed by atoms with Gasteiger partial charge < -0.3 is 9.88 Å². The number of aromatic nitrogens is 2. The second-order valence-electron chi connectivity index (χ2n) is 6.16. The van der Waals surface area contributed by atoms with Gasteiger partial charge in [0.15, 0.2) is 0 Å². The van der Waals surface area contributed by atoms with Crippen molar-refractivity contribution in [1.82, 2.24) is 9.55 Å². The molecule has 0 saturated carbocycles. The van der Waals surface area contributed by atoms with Gasteiger partial charge in [0.25, 0.3) is 5.91 Å². The number of aryl methyl sites for hydroxylation is 2. The van der Waals surface area contributed by atoms with Gasteiger partial charge in [0.2, 0.25) is 0 Å². The van der Waals surface area contributed by atoms with Gasteiger partial charge in [-0.3, -0.25) is 9.78 Å². The van der Waals surface area contributed by atoms with Gasteiger partial charge in [-0.15, -0.1) is 0 Å². The SMILES string of the molecule is CCc1ccccc1NC(=O)c1cc(C)n(Cc2ccccn2)c1C. The van der Waals surface area contributed by atoms with Crippen molar-refractivity contribution in [2.75, 3.05) is 5.32 Å². The van der Waals surface area contributed by atoms with Crippen molar-refractivity contribution in [3.05, 3.63) is 82.9 Å². The monoisotopic (exact) mass is 333 g/mol. The van der Waals surface area contributed by atoms with Crippen LogP contribution in [0.25, 0.3) is 0 Å². The van der Waals surface area contributed by atoms with Gasteiger partial charge in [0.1, 0.15) is 0 Å². The summed E-state index contributed by atoms with van der Waals surface area (Å²) >= 11 is 0. The largest absolute Gasteiger partial charge is 0.342 e. The van der Waals surface area contributed by atoms with Crippen LogP contribution in [-0.2, 0) is 13.0 Å². The summed E-state index contributed by atoms with van der Waals surface area (Å²) in [6, 6.07) is 15.8. The van der Waals surface area contributed by atoms with E-state index in [1.165, 1.54) is 0 Å². The van der Waals surface area contributed by atoms with E-state index in [4.69, 9.17) is 0 Å². The molecule has 3 rings (SSSR count). The highest BCUT2D eigenvalue weighted by Crippen LogP contribution is 2.20. The zero-order valence-corrected chi connectivity index (χ0v) is 14.9. The standard InChI is InChI=1S/C21H23N3O/c1-4-17-9-5-6-11-20(17)23-21(25)19-13-15(2)24(16(19)3)14-18-10-7-8-12-22-18/h5-13H,4,14H2,1-3H3,(H,23,25). The molecular weight excluding hydrogens is 310 g/mol. The molecule has 1 amide bonds. The van der Waals surface area contributed by atoms with Crippen LogP contribution in [0, 0.1) is 13.8 Å². The molecule has 0 saturated heterocycles. The van der Waals surface area contributed by atoms with Crippen LogP contribution < -0.4 is 5.32 Å². The Kier molecular flexibility index (Phi) is 4.98. The lowest BCUT2D eigenvalue weighted by Crippen LogP contribution is -2.14. The molecule has 2 aromatic heterocycles. The number of hydrogen-bond acceptors (Lipinski definition) is 2. The Bertz CT molecular complexity index is 881. The van der Waals surface area contributed by atoms with E-state index in [2.05, 4.69) is 21.8 Å². The molecule has 25 heavy (non-hydrogen) atoms. The Morgan fingerprint density at radius 1 is 1.12 bits per heavy atom. The molecule has 2 heterocycles. The average molecular weight is 333 g/mol. The number of nitrogens with zero attached hydrogens (tertiary/aromatic N) is 2. The van der Waals surface area contributed by atoms with E-state index in [0.717, 1.165) is 34.8 Å². The Morgan fingerprint density at radius 2 is 1.88 bits per heavy atom. The number of rotatable bonds is 5. The Balaban J connectivity index is 1.85. The minimum absolute atomic E-state index is 0.0683. The van der Waals surface area contributed by atoms with Gasteiger partial charge in [-0.05, 0) is 50.1 Å². The Morgan fingerprint density at radius 3 is 2.60 bits per heavy atom. The first-order valence-corrected chi connectivity index (χ1v) is 8.56. The van der Waals surface area contributed by atoms with Crippen molar-refractivity contribution in [1.29, 1.82) is 0 Å². The summed E-state index contributed by atoms with van der Waals surface area (Å²) in [4.78, 5) is 17.2. The molecule has 4 nitrogen and oxygen atoms in total. The van der Waals surface area contributed by atoms with Gasteiger partial charge in [-0.1, -0.05) is 31.2 Å². The van der Waals surface area contributed by atoms with Gasteiger partial charge >= 0.3 is 0 Å². The second-order valence-corrected chi connectivity index (χ2v) is 6.16. The van der Waals surface area contributed by atoms with Crippen LogP contribution in [0.5, 0.6) is 0 Å². The summed E-state index contributed by atoms with van der Waals surface area (Å²) in [6.45, 7) is 6.75. The first-order valence-electron chi connectivity index (χ1n) is 8.56. The maximum Gasteiger partial charge on any atom is 0.257 e. The molecule has 0 aliphatic rings. The fourth-order valence-electron chi connectivity index (χ4n) is 3.07. The summed E-state index contributed by atoms with van der Waals surface area (Å²) in [6.07, 6.45) is 2.67. The van der Waals surface area contributed by atoms with Gasteiger partial charge in [0.05, 0.1) is 17.8 Å². The lowest BCUT2D eigenvalue weighted by atomic mass is 10.1. The van der Waals surface area contributed by atoms with Crippen molar-refractivity contribution in [3.8, 4) is 0 Å². The van der Waals surface area contributed by atoms with Crippen LogP contribution in [0.3, 0.4) is 0 Å². The number of carbonyl (C=O) groups is 1. The summed E-state index contributed by atoms with van der Waals surface area (Å²) in [5, 5.41) is 3.06. The van der Waals surface area contributed by atoms with E-state index in [9.17, 15) is 4.79 Å². The number of pyridine rings is 1. The molecule has 128 valence electrons. The van der Waals surface area contributed by atoms with Crippen molar-refractivity contribution < 1.29 is 4.79 Å². The summed E-state index contributed by atoms with van der Waals surface area (Å²) in [5.41, 5.74) is 5.71. The number of benzene rings is 1. The smallest absolute Gasteiger partial charge is 0.257 e. The normalized spacial score (nSPS) is 10.7. The van der Waals surface area contributed by atoms with Crippen LogP contribution in [0.1, 0.15) is 39.9 Å². The molecule has 4 heteroatoms. The highest BCUT2D eigenvalue weighted by atomic mass is 16.1. The minimum atomic E-state index is -0.0683. The van der Waals surface area contributed by atoms with Crippen molar-refractivity contribution >= 4 is 11.6 Å². The molecule has 1 aromatic carbocycles. The lowest BCUT2D eigenvalue weighted by Gasteiger charge is -2.11. The van der Waals surface area contributed by atoms with Crippen LogP contribution in [0.15, 0.2) is 54.7 Å². The molecule has 0 aliphatic carbocycles. The lowest BCUT2D eigenvalue weighted by molar-refractivity contribution is 0.102. The predicted molar refractivity (Wildman–Crippen MR) is 101 cm³/mol. The van der Waals surface area contributed by atoms with E-state index in [1.807, 2.05) is 62.4 Å². The average Bonchev–Trinajstić information content (AvgIpc) is 2.91. The third kappa shape index (κ3) is 3.63. The predicted octanol–water partition coefficient (Wildman–Crippen LogP) is 4.36. The van der Waals surface area contributed by atoms with E-state index in [0.29, 0.717) is 12.1 Å². The highest BCUT2D eigenvalue weighted by molar-refractivity contribution is 6.05. The van der Waals surface area contributed by atoms with Crippen LogP contribution in [-0.4, -0.2) is 15.5 Å². The van der Waals surface area contributed by atoms with Gasteiger partial charge in [-0.25, -0.2) is 0 Å². The molecule has 0 atom stereocenters.